The maximum Gasteiger partial charge on any atom is 0.337 e. The zero-order valence-corrected chi connectivity index (χ0v) is 13.3. The minimum Gasteiger partial charge on any atom is -0.465 e. The van der Waals surface area contributed by atoms with Gasteiger partial charge in [-0.2, -0.15) is 0 Å². The average Bonchev–Trinajstić information content (AvgIpc) is 2.54. The highest BCUT2D eigenvalue weighted by Gasteiger charge is 2.22. The van der Waals surface area contributed by atoms with E-state index in [0.29, 0.717) is 23.8 Å². The van der Waals surface area contributed by atoms with Crippen LogP contribution in [-0.2, 0) is 9.53 Å². The molecule has 1 aliphatic heterocycles. The summed E-state index contributed by atoms with van der Waals surface area (Å²) in [5, 5.41) is 2.86. The number of methoxy groups -OCH3 is 1. The van der Waals surface area contributed by atoms with Crippen LogP contribution in [0.15, 0.2) is 24.3 Å². The lowest BCUT2D eigenvalue weighted by Gasteiger charge is -2.34. The fraction of sp³-hybridized carbons (Fsp3) is 0.529. The van der Waals surface area contributed by atoms with E-state index in [1.807, 2.05) is 0 Å². The minimum atomic E-state index is -0.404. The van der Waals surface area contributed by atoms with Crippen molar-refractivity contribution in [2.45, 2.75) is 38.6 Å². The van der Waals surface area contributed by atoms with Gasteiger partial charge in [0.1, 0.15) is 0 Å². The van der Waals surface area contributed by atoms with Gasteiger partial charge in [-0.3, -0.25) is 9.69 Å². The van der Waals surface area contributed by atoms with Crippen molar-refractivity contribution in [3.05, 3.63) is 29.8 Å². The number of piperidine rings is 1. The monoisotopic (exact) mass is 304 g/mol. The minimum absolute atomic E-state index is 0.0395. The number of amides is 1. The largest absolute Gasteiger partial charge is 0.465 e. The Morgan fingerprint density at radius 2 is 2.18 bits per heavy atom. The third-order valence-corrected chi connectivity index (χ3v) is 4.13. The number of nitrogens with zero attached hydrogens (tertiary/aromatic N) is 1. The van der Waals surface area contributed by atoms with Crippen molar-refractivity contribution in [1.29, 1.82) is 0 Å². The number of hydrogen-bond donors (Lipinski definition) is 1. The Balaban J connectivity index is 1.95. The summed E-state index contributed by atoms with van der Waals surface area (Å²) in [5.41, 5.74) is 1.06. The van der Waals surface area contributed by atoms with Crippen LogP contribution in [0.4, 0.5) is 5.69 Å². The summed E-state index contributed by atoms with van der Waals surface area (Å²) in [5.74, 6) is -0.444. The number of ether oxygens (including phenoxy) is 1. The highest BCUT2D eigenvalue weighted by Crippen LogP contribution is 2.19. The Labute approximate surface area is 131 Å². The summed E-state index contributed by atoms with van der Waals surface area (Å²) in [6.07, 6.45) is 4.64. The molecule has 1 atom stereocenters. The molecule has 1 heterocycles. The first-order valence-corrected chi connectivity index (χ1v) is 7.86. The van der Waals surface area contributed by atoms with Crippen LogP contribution in [0.1, 0.15) is 43.0 Å². The molecule has 0 bridgehead atoms. The average molecular weight is 304 g/mol. The molecular weight excluding hydrogens is 280 g/mol. The number of rotatable bonds is 5. The first-order chi connectivity index (χ1) is 10.6. The molecule has 1 aromatic rings. The summed E-state index contributed by atoms with van der Waals surface area (Å²) < 4.78 is 4.69. The topological polar surface area (TPSA) is 58.6 Å². The van der Waals surface area contributed by atoms with Crippen molar-refractivity contribution in [2.75, 3.05) is 25.5 Å². The summed E-state index contributed by atoms with van der Waals surface area (Å²) in [7, 11) is 1.34. The maximum atomic E-state index is 12.2. The third kappa shape index (κ3) is 4.31. The number of benzene rings is 1. The maximum absolute atomic E-state index is 12.2. The molecule has 2 rings (SSSR count). The van der Waals surface area contributed by atoms with Gasteiger partial charge in [0.15, 0.2) is 0 Å². The fourth-order valence-corrected chi connectivity index (χ4v) is 2.96. The van der Waals surface area contributed by atoms with Gasteiger partial charge < -0.3 is 10.1 Å². The molecule has 1 aromatic carbocycles. The van der Waals surface area contributed by atoms with Crippen LogP contribution < -0.4 is 5.32 Å². The van der Waals surface area contributed by atoms with Crippen LogP contribution in [0.3, 0.4) is 0 Å². The number of carbonyl (C=O) groups excluding carboxylic acids is 2. The Kier molecular flexibility index (Phi) is 5.95. The normalized spacial score (nSPS) is 18.7. The number of nitrogens with one attached hydrogen (secondary N) is 1. The first kappa shape index (κ1) is 16.5. The molecule has 1 saturated heterocycles. The molecule has 0 spiro atoms. The predicted octanol–water partition coefficient (Wildman–Crippen LogP) is 2.68. The molecule has 1 fully saturated rings. The predicted molar refractivity (Wildman–Crippen MR) is 85.9 cm³/mol. The molecule has 0 aliphatic carbocycles. The van der Waals surface area contributed by atoms with Crippen LogP contribution in [-0.4, -0.2) is 43.0 Å². The van der Waals surface area contributed by atoms with Crippen LogP contribution in [0.2, 0.25) is 0 Å². The molecule has 0 saturated carbocycles. The van der Waals surface area contributed by atoms with Gasteiger partial charge in [0.2, 0.25) is 5.91 Å². The second-order valence-electron chi connectivity index (χ2n) is 5.65. The molecule has 1 amide bonds. The molecule has 0 radical (unpaired) electrons. The van der Waals surface area contributed by atoms with E-state index < -0.39 is 5.97 Å². The number of likely N-dealkylation sites (tertiary alicyclic amines) is 1. The van der Waals surface area contributed by atoms with Crippen LogP contribution in [0.25, 0.3) is 0 Å². The zero-order valence-electron chi connectivity index (χ0n) is 13.3. The highest BCUT2D eigenvalue weighted by molar-refractivity contribution is 5.95. The first-order valence-electron chi connectivity index (χ1n) is 7.86. The summed E-state index contributed by atoms with van der Waals surface area (Å²) in [6.45, 7) is 3.55. The van der Waals surface area contributed by atoms with Gasteiger partial charge in [-0.05, 0) is 44.0 Å². The quantitative estimate of drug-likeness (QED) is 0.850. The Morgan fingerprint density at radius 3 is 2.91 bits per heavy atom. The van der Waals surface area contributed by atoms with Gasteiger partial charge in [-0.1, -0.05) is 19.4 Å². The Bertz CT molecular complexity index is 530. The number of hydrogen-bond acceptors (Lipinski definition) is 4. The summed E-state index contributed by atoms with van der Waals surface area (Å²) in [4.78, 5) is 26.0. The Hall–Kier alpha value is -1.88. The number of esters is 1. The molecule has 22 heavy (non-hydrogen) atoms. The Morgan fingerprint density at radius 1 is 1.36 bits per heavy atom. The highest BCUT2D eigenvalue weighted by atomic mass is 16.5. The van der Waals surface area contributed by atoms with Gasteiger partial charge in [0.25, 0.3) is 0 Å². The van der Waals surface area contributed by atoms with Crippen molar-refractivity contribution in [3.63, 3.8) is 0 Å². The lowest BCUT2D eigenvalue weighted by Crippen LogP contribution is -2.43. The lowest BCUT2D eigenvalue weighted by molar-refractivity contribution is -0.118. The summed E-state index contributed by atoms with van der Waals surface area (Å²) >= 11 is 0. The van der Waals surface area contributed by atoms with Gasteiger partial charge in [-0.15, -0.1) is 0 Å². The summed E-state index contributed by atoms with van der Waals surface area (Å²) in [6, 6.07) is 7.31. The molecule has 120 valence electrons. The van der Waals surface area contributed by atoms with E-state index in [9.17, 15) is 9.59 Å². The molecule has 1 unspecified atom stereocenters. The SMILES string of the molecule is CCC1CCCCN1CC(=O)Nc1cccc(C(=O)OC)c1. The molecular formula is C17H24N2O3. The second kappa shape index (κ2) is 7.94. The molecule has 5 heteroatoms. The van der Waals surface area contributed by atoms with Gasteiger partial charge >= 0.3 is 5.97 Å². The van der Waals surface area contributed by atoms with E-state index in [0.717, 1.165) is 19.4 Å². The molecule has 1 N–H and O–H groups in total. The lowest BCUT2D eigenvalue weighted by atomic mass is 10.00. The number of anilines is 1. The van der Waals surface area contributed by atoms with Crippen molar-refractivity contribution < 1.29 is 14.3 Å². The standard InChI is InChI=1S/C17H24N2O3/c1-3-15-9-4-5-10-19(15)12-16(20)18-14-8-6-7-13(11-14)17(21)22-2/h6-8,11,15H,3-5,9-10,12H2,1-2H3,(H,18,20). The smallest absolute Gasteiger partial charge is 0.337 e. The number of carbonyl (C=O) groups is 2. The van der Waals surface area contributed by atoms with Gasteiger partial charge in [-0.25, -0.2) is 4.79 Å². The van der Waals surface area contributed by atoms with Crippen LogP contribution in [0, 0.1) is 0 Å². The van der Waals surface area contributed by atoms with E-state index in [1.54, 1.807) is 24.3 Å². The van der Waals surface area contributed by atoms with Crippen LogP contribution in [0.5, 0.6) is 0 Å². The van der Waals surface area contributed by atoms with Crippen molar-refractivity contribution in [3.8, 4) is 0 Å². The zero-order chi connectivity index (χ0) is 15.9. The van der Waals surface area contributed by atoms with E-state index in [2.05, 4.69) is 21.9 Å². The second-order valence-corrected chi connectivity index (χ2v) is 5.65. The van der Waals surface area contributed by atoms with E-state index in [4.69, 9.17) is 0 Å². The molecule has 1 aliphatic rings. The van der Waals surface area contributed by atoms with Crippen molar-refractivity contribution in [1.82, 2.24) is 4.90 Å². The molecule has 0 aromatic heterocycles. The van der Waals surface area contributed by atoms with E-state index >= 15 is 0 Å². The van der Waals surface area contributed by atoms with Crippen molar-refractivity contribution in [2.24, 2.45) is 0 Å². The third-order valence-electron chi connectivity index (χ3n) is 4.13. The van der Waals surface area contributed by atoms with Crippen molar-refractivity contribution >= 4 is 17.6 Å². The van der Waals surface area contributed by atoms with Crippen LogP contribution >= 0.6 is 0 Å². The van der Waals surface area contributed by atoms with Gasteiger partial charge in [0.05, 0.1) is 19.2 Å². The molecule has 5 nitrogen and oxygen atoms in total. The van der Waals surface area contributed by atoms with Gasteiger partial charge in [0, 0.05) is 11.7 Å². The van der Waals surface area contributed by atoms with E-state index in [-0.39, 0.29) is 5.91 Å². The van der Waals surface area contributed by atoms with E-state index in [1.165, 1.54) is 20.0 Å². The fourth-order valence-electron chi connectivity index (χ4n) is 2.96.